The smallest absolute Gasteiger partial charge is 0.332 e. The Morgan fingerprint density at radius 2 is 1.60 bits per heavy atom. The number of hydrogen-bond donors (Lipinski definition) is 0. The second-order valence-electron chi connectivity index (χ2n) is 19.3. The number of fused-ring (bicyclic) bond motifs is 1. The Morgan fingerprint density at radius 3 is 2.19 bits per heavy atom. The van der Waals surface area contributed by atoms with Gasteiger partial charge in [0.2, 0.25) is 0 Å². The normalized spacial score (nSPS) is 30.0. The number of hydrogen-bond acceptors (Lipinski definition) is 5. The Hall–Kier alpha value is -1.26. The summed E-state index contributed by atoms with van der Waals surface area (Å²) in [6.45, 7) is 36.6. The maximum absolute atomic E-state index is 12.7. The molecule has 0 aromatic rings. The molecule has 0 aromatic carbocycles. The molecule has 0 saturated heterocycles. The summed E-state index contributed by atoms with van der Waals surface area (Å²) >= 11 is 0. The Bertz CT molecular complexity index is 1300. The van der Waals surface area contributed by atoms with Crippen LogP contribution >= 0.6 is 0 Å². The summed E-state index contributed by atoms with van der Waals surface area (Å²) in [5.74, 6) is 0.671. The van der Waals surface area contributed by atoms with Crippen molar-refractivity contribution in [3.05, 3.63) is 47.1 Å². The van der Waals surface area contributed by atoms with Crippen LogP contribution in [0.2, 0.25) is 36.3 Å². The van der Waals surface area contributed by atoms with Gasteiger partial charge in [0.15, 0.2) is 16.6 Å². The average molecular weight is 699 g/mol. The summed E-state index contributed by atoms with van der Waals surface area (Å²) in [5.41, 5.74) is 4.90. The largest absolute Gasteiger partial charge is 0.458 e. The van der Waals surface area contributed by atoms with Crippen LogP contribution in [0, 0.1) is 17.3 Å². The first kappa shape index (κ1) is 39.5. The van der Waals surface area contributed by atoms with Gasteiger partial charge in [-0.1, -0.05) is 78.8 Å². The van der Waals surface area contributed by atoms with Gasteiger partial charge in [0.25, 0.3) is 0 Å². The molecule has 0 radical (unpaired) electrons. The molecule has 0 aliphatic heterocycles. The van der Waals surface area contributed by atoms with Gasteiger partial charge >= 0.3 is 5.97 Å². The van der Waals surface area contributed by atoms with Crippen LogP contribution in [0.1, 0.15) is 121 Å². The van der Waals surface area contributed by atoms with E-state index >= 15 is 0 Å². The van der Waals surface area contributed by atoms with Gasteiger partial charge in [-0.15, -0.1) is 0 Å². The van der Waals surface area contributed by atoms with Crippen molar-refractivity contribution in [1.82, 2.24) is 0 Å². The molecule has 4 rings (SSSR count). The van der Waals surface area contributed by atoms with Crippen molar-refractivity contribution in [3.8, 4) is 0 Å². The Labute approximate surface area is 296 Å². The number of allylic oxidation sites excluding steroid dienone is 4. The fraction of sp³-hybridized carbons (Fsp3) is 0.780. The van der Waals surface area contributed by atoms with Crippen molar-refractivity contribution < 1.29 is 23.1 Å². The predicted octanol–water partition coefficient (Wildman–Crippen LogP) is 11.2. The second-order valence-corrected chi connectivity index (χ2v) is 28.8. The monoisotopic (exact) mass is 698 g/mol. The average Bonchev–Trinajstić information content (AvgIpc) is 3.73. The molecular weight excluding hydrogens is 629 g/mol. The van der Waals surface area contributed by atoms with E-state index in [0.717, 1.165) is 56.9 Å². The van der Waals surface area contributed by atoms with E-state index in [9.17, 15) is 4.79 Å². The quantitative estimate of drug-likeness (QED) is 0.122. The Kier molecular flexibility index (Phi) is 11.6. The zero-order chi connectivity index (χ0) is 36.1. The molecule has 3 saturated carbocycles. The van der Waals surface area contributed by atoms with Crippen LogP contribution in [-0.2, 0) is 23.1 Å². The molecule has 272 valence electrons. The molecule has 5 nitrogen and oxygen atoms in total. The van der Waals surface area contributed by atoms with Crippen molar-refractivity contribution in [1.29, 1.82) is 0 Å². The lowest BCUT2D eigenvalue weighted by Gasteiger charge is -2.45. The maximum atomic E-state index is 12.7. The number of carbonyl (C=O) groups is 1. The van der Waals surface area contributed by atoms with E-state index in [-0.39, 0.29) is 46.4 Å². The zero-order valence-electron chi connectivity index (χ0n) is 33.2. The minimum Gasteiger partial charge on any atom is -0.458 e. The summed E-state index contributed by atoms with van der Waals surface area (Å²) in [6.07, 6.45) is 15.6. The lowest BCUT2D eigenvalue weighted by molar-refractivity contribution is -0.165. The van der Waals surface area contributed by atoms with E-state index < -0.39 is 22.2 Å². The van der Waals surface area contributed by atoms with Gasteiger partial charge in [0.05, 0.1) is 18.3 Å². The fourth-order valence-corrected chi connectivity index (χ4v) is 10.4. The van der Waals surface area contributed by atoms with Crippen LogP contribution < -0.4 is 0 Å². The fourth-order valence-electron chi connectivity index (χ4n) is 7.71. The molecular formula is C41H70O5Si2. The van der Waals surface area contributed by atoms with Crippen molar-refractivity contribution in [3.63, 3.8) is 0 Å². The van der Waals surface area contributed by atoms with Crippen molar-refractivity contribution >= 4 is 22.6 Å². The van der Waals surface area contributed by atoms with E-state index in [1.165, 1.54) is 16.7 Å². The molecule has 0 heterocycles. The molecule has 0 bridgehead atoms. The van der Waals surface area contributed by atoms with E-state index in [2.05, 4.69) is 106 Å². The topological polar surface area (TPSA) is 54.0 Å². The summed E-state index contributed by atoms with van der Waals surface area (Å²) in [6, 6.07) is 0. The van der Waals surface area contributed by atoms with E-state index in [4.69, 9.17) is 18.3 Å². The van der Waals surface area contributed by atoms with Gasteiger partial charge < -0.3 is 18.3 Å². The van der Waals surface area contributed by atoms with E-state index in [0.29, 0.717) is 11.8 Å². The highest BCUT2D eigenvalue weighted by molar-refractivity contribution is 6.74. The highest BCUT2D eigenvalue weighted by atomic mass is 28.4. The summed E-state index contributed by atoms with van der Waals surface area (Å²) in [4.78, 5) is 12.7. The van der Waals surface area contributed by atoms with Gasteiger partial charge in [-0.3, -0.25) is 0 Å². The van der Waals surface area contributed by atoms with Crippen LogP contribution in [0.5, 0.6) is 0 Å². The van der Waals surface area contributed by atoms with Gasteiger partial charge in [-0.25, -0.2) is 4.79 Å². The molecule has 0 spiro atoms. The van der Waals surface area contributed by atoms with Gasteiger partial charge in [0.1, 0.15) is 12.2 Å². The summed E-state index contributed by atoms with van der Waals surface area (Å²) in [5, 5.41) is 0.275. The maximum Gasteiger partial charge on any atom is 0.332 e. The van der Waals surface area contributed by atoms with Gasteiger partial charge in [0, 0.05) is 6.42 Å². The minimum atomic E-state index is -2.01. The van der Waals surface area contributed by atoms with Crippen LogP contribution in [-0.4, -0.2) is 53.1 Å². The third kappa shape index (κ3) is 8.78. The molecule has 0 N–H and O–H groups in total. The molecule has 4 aliphatic rings. The number of rotatable bonds is 11. The number of esters is 1. The summed E-state index contributed by atoms with van der Waals surface area (Å²) < 4.78 is 26.1. The molecule has 1 unspecified atom stereocenters. The molecule has 48 heavy (non-hydrogen) atoms. The molecule has 3 fully saturated rings. The van der Waals surface area contributed by atoms with E-state index in [1.807, 2.05) is 13.8 Å². The molecule has 5 atom stereocenters. The molecule has 0 amide bonds. The molecule has 0 aromatic heterocycles. The number of carbonyl (C=O) groups excluding carboxylic acids is 1. The highest BCUT2D eigenvalue weighted by Crippen LogP contribution is 2.56. The van der Waals surface area contributed by atoms with Crippen LogP contribution in [0.25, 0.3) is 0 Å². The van der Waals surface area contributed by atoms with E-state index in [1.54, 1.807) is 0 Å². The lowest BCUT2D eigenvalue weighted by atomic mass is 9.63. The molecule has 7 heteroatoms. The Morgan fingerprint density at radius 1 is 1.00 bits per heavy atom. The first-order chi connectivity index (χ1) is 21.9. The third-order valence-corrected chi connectivity index (χ3v) is 22.2. The number of ether oxygens (including phenoxy) is 2. The van der Waals surface area contributed by atoms with Crippen molar-refractivity contribution in [2.24, 2.45) is 17.3 Å². The summed E-state index contributed by atoms with van der Waals surface area (Å²) in [7, 11) is -3.98. The Balaban J connectivity index is 1.51. The zero-order valence-corrected chi connectivity index (χ0v) is 35.2. The van der Waals surface area contributed by atoms with Crippen LogP contribution in [0.4, 0.5) is 0 Å². The first-order valence-electron chi connectivity index (χ1n) is 18.9. The van der Waals surface area contributed by atoms with Gasteiger partial charge in [-0.2, -0.15) is 0 Å². The second kappa shape index (κ2) is 14.0. The minimum absolute atomic E-state index is 0.00252. The lowest BCUT2D eigenvalue weighted by Crippen LogP contribution is -2.49. The molecule has 4 aliphatic carbocycles. The van der Waals surface area contributed by atoms with Crippen LogP contribution in [0.3, 0.4) is 0 Å². The van der Waals surface area contributed by atoms with Crippen molar-refractivity contribution in [2.75, 3.05) is 6.61 Å². The standard InChI is InChI=1S/C41H70O5Si2/c1-28-31(25-33(45-47(12,13)38(3,4)5)26-36(28)46-48(14,15)39(6,7)8)19-18-30-17-16-24-41(11)34(22-23-35(30)41)29(2)43-27-37(42)44-40(9,10)32-20-21-32/h18-19,22,29,32-33,35-36H,1,16-17,20-21,23-27H2,2-15H3/b30-18+,31-19-/t29?,33-,35+,36+,41-/m1/s1. The first-order valence-corrected chi connectivity index (χ1v) is 24.7. The highest BCUT2D eigenvalue weighted by Gasteiger charge is 2.48. The third-order valence-electron chi connectivity index (χ3n) is 13.2. The SMILES string of the molecule is C=C1/C(=C\C=C2/CCC[C@]3(C)C(C(C)OCC(=O)OC(C)(C)C4CC4)=CC[C@@H]23)C[C@@H](O[Si](C)(C)C(C)(C)C)C[C@@H]1O[Si](C)(C)C(C)(C)C. The predicted molar refractivity (Wildman–Crippen MR) is 205 cm³/mol. The van der Waals surface area contributed by atoms with Gasteiger partial charge in [-0.05, 0) is 136 Å². The van der Waals surface area contributed by atoms with Crippen LogP contribution in [0.15, 0.2) is 47.1 Å². The van der Waals surface area contributed by atoms with Crippen molar-refractivity contribution in [2.45, 2.75) is 181 Å².